The van der Waals surface area contributed by atoms with Crippen LogP contribution in [0.5, 0.6) is 11.5 Å². The molecule has 1 atom stereocenters. The Labute approximate surface area is 102 Å². The van der Waals surface area contributed by atoms with Crippen molar-refractivity contribution in [2.24, 2.45) is 0 Å². The van der Waals surface area contributed by atoms with E-state index in [1.54, 1.807) is 24.3 Å². The van der Waals surface area contributed by atoms with Crippen molar-refractivity contribution in [3.05, 3.63) is 36.9 Å². The van der Waals surface area contributed by atoms with Gasteiger partial charge in [-0.15, -0.1) is 0 Å². The van der Waals surface area contributed by atoms with Gasteiger partial charge in [-0.1, -0.05) is 32.1 Å². The minimum Gasteiger partial charge on any atom is -0.486 e. The van der Waals surface area contributed by atoms with Crippen molar-refractivity contribution in [1.29, 1.82) is 0 Å². The van der Waals surface area contributed by atoms with E-state index in [-0.39, 0.29) is 12.1 Å². The lowest BCUT2D eigenvalue weighted by atomic mass is 10.2. The lowest BCUT2D eigenvalue weighted by Gasteiger charge is -2.15. The molecule has 0 aliphatic rings. The minimum absolute atomic E-state index is 0.00687. The smallest absolute Gasteiger partial charge is 0.308 e. The fourth-order valence-corrected chi connectivity index (χ4v) is 1.46. The first-order valence-electron chi connectivity index (χ1n) is 5.73. The summed E-state index contributed by atoms with van der Waals surface area (Å²) in [7, 11) is 0. The maximum Gasteiger partial charge on any atom is 0.308 e. The monoisotopic (exact) mass is 234 g/mol. The second-order valence-electron chi connectivity index (χ2n) is 3.75. The zero-order chi connectivity index (χ0) is 12.7. The summed E-state index contributed by atoms with van der Waals surface area (Å²) in [6.07, 6.45) is 3.72. The molecule has 0 aliphatic heterocycles. The summed E-state index contributed by atoms with van der Waals surface area (Å²) in [4.78, 5) is 10.8. The van der Waals surface area contributed by atoms with Gasteiger partial charge in [-0.3, -0.25) is 4.79 Å². The van der Waals surface area contributed by atoms with Crippen LogP contribution in [0.2, 0.25) is 0 Å². The molecule has 0 heterocycles. The third-order valence-electron chi connectivity index (χ3n) is 2.19. The number of hydrogen-bond donors (Lipinski definition) is 0. The van der Waals surface area contributed by atoms with Crippen molar-refractivity contribution in [2.75, 3.05) is 0 Å². The standard InChI is InChI=1S/C14H18O3/c1-4-7-12(5-2)17-14-9-6-8-13(10-14)16-11(3)15/h5-6,8-10,12H,2,4,7H2,1,3H3/t12-/m0/s1. The summed E-state index contributed by atoms with van der Waals surface area (Å²) in [5.41, 5.74) is 0. The van der Waals surface area contributed by atoms with E-state index in [0.717, 1.165) is 12.8 Å². The largest absolute Gasteiger partial charge is 0.486 e. The highest BCUT2D eigenvalue weighted by Gasteiger charge is 2.06. The van der Waals surface area contributed by atoms with E-state index in [1.807, 2.05) is 6.07 Å². The van der Waals surface area contributed by atoms with Gasteiger partial charge >= 0.3 is 5.97 Å². The molecule has 0 N–H and O–H groups in total. The third-order valence-corrected chi connectivity index (χ3v) is 2.19. The maximum atomic E-state index is 10.8. The van der Waals surface area contributed by atoms with Gasteiger partial charge in [0.05, 0.1) is 0 Å². The van der Waals surface area contributed by atoms with Crippen molar-refractivity contribution in [3.63, 3.8) is 0 Å². The first-order chi connectivity index (χ1) is 8.15. The molecular weight excluding hydrogens is 216 g/mol. The van der Waals surface area contributed by atoms with Crippen LogP contribution in [-0.2, 0) is 4.79 Å². The van der Waals surface area contributed by atoms with E-state index >= 15 is 0 Å². The first-order valence-corrected chi connectivity index (χ1v) is 5.73. The Morgan fingerprint density at radius 3 is 2.76 bits per heavy atom. The first kappa shape index (κ1) is 13.3. The molecule has 1 aromatic carbocycles. The van der Waals surface area contributed by atoms with E-state index in [4.69, 9.17) is 9.47 Å². The quantitative estimate of drug-likeness (QED) is 0.430. The van der Waals surface area contributed by atoms with E-state index in [9.17, 15) is 4.79 Å². The number of benzene rings is 1. The fourth-order valence-electron chi connectivity index (χ4n) is 1.46. The Bertz CT molecular complexity index is 385. The summed E-state index contributed by atoms with van der Waals surface area (Å²) < 4.78 is 10.7. The summed E-state index contributed by atoms with van der Waals surface area (Å²) >= 11 is 0. The molecule has 1 rings (SSSR count). The Hall–Kier alpha value is -1.77. The molecule has 1 aromatic rings. The van der Waals surface area contributed by atoms with Crippen LogP contribution in [0.3, 0.4) is 0 Å². The van der Waals surface area contributed by atoms with Crippen molar-refractivity contribution >= 4 is 5.97 Å². The van der Waals surface area contributed by atoms with E-state index in [1.165, 1.54) is 6.92 Å². The number of carbonyl (C=O) groups excluding carboxylic acids is 1. The Kier molecular flexibility index (Phi) is 5.27. The minimum atomic E-state index is -0.337. The van der Waals surface area contributed by atoms with Gasteiger partial charge in [0, 0.05) is 13.0 Å². The molecule has 3 heteroatoms. The van der Waals surface area contributed by atoms with Crippen molar-refractivity contribution < 1.29 is 14.3 Å². The Balaban J connectivity index is 2.70. The van der Waals surface area contributed by atoms with Crippen LogP contribution in [0.4, 0.5) is 0 Å². The molecule has 92 valence electrons. The molecule has 0 aliphatic carbocycles. The second-order valence-corrected chi connectivity index (χ2v) is 3.75. The average Bonchev–Trinajstić information content (AvgIpc) is 2.28. The molecule has 17 heavy (non-hydrogen) atoms. The van der Waals surface area contributed by atoms with Crippen LogP contribution >= 0.6 is 0 Å². The number of carbonyl (C=O) groups is 1. The van der Waals surface area contributed by atoms with Crippen molar-refractivity contribution in [1.82, 2.24) is 0 Å². The molecule has 0 fully saturated rings. The summed E-state index contributed by atoms with van der Waals surface area (Å²) in [5.74, 6) is 0.840. The van der Waals surface area contributed by atoms with Gasteiger partial charge in [-0.05, 0) is 18.6 Å². The lowest BCUT2D eigenvalue weighted by Crippen LogP contribution is -2.12. The highest BCUT2D eigenvalue weighted by Crippen LogP contribution is 2.21. The molecule has 0 aromatic heterocycles. The zero-order valence-corrected chi connectivity index (χ0v) is 10.3. The highest BCUT2D eigenvalue weighted by molar-refractivity contribution is 5.69. The zero-order valence-electron chi connectivity index (χ0n) is 10.3. The van der Waals surface area contributed by atoms with Gasteiger partial charge in [0.25, 0.3) is 0 Å². The van der Waals surface area contributed by atoms with Gasteiger partial charge in [-0.25, -0.2) is 0 Å². The van der Waals surface area contributed by atoms with E-state index in [0.29, 0.717) is 11.5 Å². The Morgan fingerprint density at radius 2 is 2.18 bits per heavy atom. The van der Waals surface area contributed by atoms with Crippen LogP contribution < -0.4 is 9.47 Å². The van der Waals surface area contributed by atoms with Gasteiger partial charge < -0.3 is 9.47 Å². The average molecular weight is 234 g/mol. The molecule has 0 radical (unpaired) electrons. The van der Waals surface area contributed by atoms with Crippen LogP contribution in [0, 0.1) is 0 Å². The van der Waals surface area contributed by atoms with Crippen LogP contribution in [0.1, 0.15) is 26.7 Å². The number of rotatable bonds is 6. The topological polar surface area (TPSA) is 35.5 Å². The summed E-state index contributed by atoms with van der Waals surface area (Å²) in [6, 6.07) is 7.05. The number of esters is 1. The fraction of sp³-hybridized carbons (Fsp3) is 0.357. The maximum absolute atomic E-state index is 10.8. The molecule has 0 amide bonds. The SMILES string of the molecule is C=C[C@@H](CCC)Oc1cccc(OC(C)=O)c1. The van der Waals surface area contributed by atoms with Gasteiger partial charge in [0.2, 0.25) is 0 Å². The highest BCUT2D eigenvalue weighted by atomic mass is 16.5. The van der Waals surface area contributed by atoms with E-state index in [2.05, 4.69) is 13.5 Å². The molecule has 0 saturated carbocycles. The molecule has 0 saturated heterocycles. The number of hydrogen-bond acceptors (Lipinski definition) is 3. The van der Waals surface area contributed by atoms with Crippen molar-refractivity contribution in [2.45, 2.75) is 32.8 Å². The number of ether oxygens (including phenoxy) is 2. The van der Waals surface area contributed by atoms with E-state index < -0.39 is 0 Å². The predicted octanol–water partition coefficient (Wildman–Crippen LogP) is 3.35. The van der Waals surface area contributed by atoms with Gasteiger partial charge in [-0.2, -0.15) is 0 Å². The Morgan fingerprint density at radius 1 is 1.47 bits per heavy atom. The van der Waals surface area contributed by atoms with Crippen LogP contribution in [0.25, 0.3) is 0 Å². The van der Waals surface area contributed by atoms with Crippen molar-refractivity contribution in [3.8, 4) is 11.5 Å². The van der Waals surface area contributed by atoms with Crippen LogP contribution in [0.15, 0.2) is 36.9 Å². The third kappa shape index (κ3) is 4.72. The normalized spacial score (nSPS) is 11.6. The molecule has 0 unspecified atom stereocenters. The molecular formula is C14H18O3. The second kappa shape index (κ2) is 6.74. The predicted molar refractivity (Wildman–Crippen MR) is 67.3 cm³/mol. The summed E-state index contributed by atoms with van der Waals surface area (Å²) in [5, 5.41) is 0. The molecule has 0 spiro atoms. The summed E-state index contributed by atoms with van der Waals surface area (Å²) in [6.45, 7) is 7.20. The van der Waals surface area contributed by atoms with Crippen LogP contribution in [-0.4, -0.2) is 12.1 Å². The van der Waals surface area contributed by atoms with Gasteiger partial charge in [0.15, 0.2) is 0 Å². The lowest BCUT2D eigenvalue weighted by molar-refractivity contribution is -0.131. The van der Waals surface area contributed by atoms with Gasteiger partial charge in [0.1, 0.15) is 17.6 Å². The molecule has 0 bridgehead atoms. The molecule has 3 nitrogen and oxygen atoms in total.